The molecule has 1 aliphatic rings. The molecule has 1 aliphatic heterocycles. The van der Waals surface area contributed by atoms with Crippen molar-refractivity contribution in [1.82, 2.24) is 0 Å². The van der Waals surface area contributed by atoms with E-state index in [1.807, 2.05) is 0 Å². The standard InChI is InChI=1S/C22H15Cl2F2NO2/c23-14-7-8-16(24)21(11-14)29-20-6-2-1-5-15(20)22(28)27-9-3-4-13-10-17(25)18(26)12-19(13)27/h1-2,5-8,10-12H,3-4,9H2. The number of aryl methyl sites for hydroxylation is 1. The molecular weight excluding hydrogens is 419 g/mol. The number of halogens is 4. The Kier molecular flexibility index (Phi) is 5.43. The van der Waals surface area contributed by atoms with Crippen molar-refractivity contribution in [3.63, 3.8) is 0 Å². The first-order valence-corrected chi connectivity index (χ1v) is 9.71. The second-order valence-electron chi connectivity index (χ2n) is 6.63. The Balaban J connectivity index is 1.71. The molecule has 0 spiro atoms. The van der Waals surface area contributed by atoms with E-state index in [1.165, 1.54) is 4.90 Å². The predicted molar refractivity (Wildman–Crippen MR) is 109 cm³/mol. The van der Waals surface area contributed by atoms with Crippen molar-refractivity contribution in [2.75, 3.05) is 11.4 Å². The number of amides is 1. The second-order valence-corrected chi connectivity index (χ2v) is 7.47. The molecule has 7 heteroatoms. The monoisotopic (exact) mass is 433 g/mol. The molecule has 0 fully saturated rings. The van der Waals surface area contributed by atoms with Crippen LogP contribution in [-0.2, 0) is 6.42 Å². The van der Waals surface area contributed by atoms with Gasteiger partial charge < -0.3 is 9.64 Å². The topological polar surface area (TPSA) is 29.5 Å². The van der Waals surface area contributed by atoms with Gasteiger partial charge in [0.15, 0.2) is 11.6 Å². The highest BCUT2D eigenvalue weighted by atomic mass is 35.5. The maximum Gasteiger partial charge on any atom is 0.262 e. The van der Waals surface area contributed by atoms with Crippen molar-refractivity contribution >= 4 is 34.8 Å². The molecule has 29 heavy (non-hydrogen) atoms. The van der Waals surface area contributed by atoms with Gasteiger partial charge in [0.2, 0.25) is 0 Å². The van der Waals surface area contributed by atoms with Gasteiger partial charge in [0.05, 0.1) is 16.3 Å². The van der Waals surface area contributed by atoms with Gasteiger partial charge in [-0.05, 0) is 48.7 Å². The van der Waals surface area contributed by atoms with Crippen LogP contribution in [-0.4, -0.2) is 12.5 Å². The number of carbonyl (C=O) groups excluding carboxylic acids is 1. The minimum atomic E-state index is -0.987. The number of ether oxygens (including phenoxy) is 1. The van der Waals surface area contributed by atoms with Gasteiger partial charge in [-0.25, -0.2) is 8.78 Å². The average Bonchev–Trinajstić information content (AvgIpc) is 2.71. The fraction of sp³-hybridized carbons (Fsp3) is 0.136. The van der Waals surface area contributed by atoms with E-state index in [1.54, 1.807) is 42.5 Å². The maximum atomic E-state index is 13.8. The lowest BCUT2D eigenvalue weighted by molar-refractivity contribution is 0.0983. The molecule has 0 saturated heterocycles. The van der Waals surface area contributed by atoms with Crippen LogP contribution in [0, 0.1) is 11.6 Å². The number of nitrogens with zero attached hydrogens (tertiary/aromatic N) is 1. The third kappa shape index (κ3) is 3.93. The maximum absolute atomic E-state index is 13.8. The molecule has 0 N–H and O–H groups in total. The average molecular weight is 434 g/mol. The summed E-state index contributed by atoms with van der Waals surface area (Å²) in [5, 5.41) is 0.785. The molecule has 3 aromatic rings. The molecule has 0 saturated carbocycles. The van der Waals surface area contributed by atoms with Crippen LogP contribution in [0.3, 0.4) is 0 Å². The van der Waals surface area contributed by atoms with Gasteiger partial charge in [-0.2, -0.15) is 0 Å². The van der Waals surface area contributed by atoms with E-state index in [9.17, 15) is 13.6 Å². The molecule has 0 bridgehead atoms. The van der Waals surface area contributed by atoms with Gasteiger partial charge >= 0.3 is 0 Å². The zero-order valence-corrected chi connectivity index (χ0v) is 16.6. The first-order chi connectivity index (χ1) is 13.9. The summed E-state index contributed by atoms with van der Waals surface area (Å²) >= 11 is 12.2. The summed E-state index contributed by atoms with van der Waals surface area (Å²) in [6.45, 7) is 0.392. The van der Waals surface area contributed by atoms with Crippen LogP contribution in [0.5, 0.6) is 11.5 Å². The largest absolute Gasteiger partial charge is 0.455 e. The number of anilines is 1. The molecule has 148 valence electrons. The van der Waals surface area contributed by atoms with Crippen LogP contribution in [0.2, 0.25) is 10.0 Å². The highest BCUT2D eigenvalue weighted by molar-refractivity contribution is 6.34. The molecule has 0 atom stereocenters. The van der Waals surface area contributed by atoms with E-state index < -0.39 is 11.6 Å². The van der Waals surface area contributed by atoms with E-state index in [0.717, 1.165) is 12.1 Å². The number of fused-ring (bicyclic) bond motifs is 1. The molecule has 3 nitrogen and oxygen atoms in total. The molecule has 1 heterocycles. The van der Waals surface area contributed by atoms with Crippen molar-refractivity contribution in [2.24, 2.45) is 0 Å². The number of benzene rings is 3. The Morgan fingerprint density at radius 3 is 2.55 bits per heavy atom. The fourth-order valence-corrected chi connectivity index (χ4v) is 3.66. The zero-order valence-electron chi connectivity index (χ0n) is 15.1. The van der Waals surface area contributed by atoms with Crippen molar-refractivity contribution < 1.29 is 18.3 Å². The van der Waals surface area contributed by atoms with Crippen LogP contribution in [0.1, 0.15) is 22.3 Å². The van der Waals surface area contributed by atoms with E-state index in [-0.39, 0.29) is 17.2 Å². The first kappa shape index (κ1) is 19.7. The molecule has 4 rings (SSSR count). The van der Waals surface area contributed by atoms with Crippen LogP contribution in [0.15, 0.2) is 54.6 Å². The van der Waals surface area contributed by atoms with E-state index in [0.29, 0.717) is 46.4 Å². The van der Waals surface area contributed by atoms with Gasteiger partial charge in [-0.3, -0.25) is 4.79 Å². The molecular formula is C22H15Cl2F2NO2. The first-order valence-electron chi connectivity index (χ1n) is 8.96. The van der Waals surface area contributed by atoms with Gasteiger partial charge in [0, 0.05) is 23.7 Å². The Morgan fingerprint density at radius 1 is 0.966 bits per heavy atom. The number of hydrogen-bond acceptors (Lipinski definition) is 2. The fourth-order valence-electron chi connectivity index (χ4n) is 3.34. The summed E-state index contributed by atoms with van der Waals surface area (Å²) in [5.74, 6) is -1.68. The summed E-state index contributed by atoms with van der Waals surface area (Å²) in [6, 6.07) is 13.7. The summed E-state index contributed by atoms with van der Waals surface area (Å²) in [6.07, 6.45) is 1.22. The van der Waals surface area contributed by atoms with Crippen LogP contribution >= 0.6 is 23.2 Å². The predicted octanol–water partition coefficient (Wildman–Crippen LogP) is 6.66. The minimum absolute atomic E-state index is 0.279. The summed E-state index contributed by atoms with van der Waals surface area (Å²) < 4.78 is 33.3. The molecule has 0 aliphatic carbocycles. The SMILES string of the molecule is O=C(c1ccccc1Oc1cc(Cl)ccc1Cl)N1CCCc2cc(F)c(F)cc21. The molecule has 0 unspecified atom stereocenters. The van der Waals surface area contributed by atoms with Gasteiger partial charge in [0.25, 0.3) is 5.91 Å². The van der Waals surface area contributed by atoms with E-state index in [4.69, 9.17) is 27.9 Å². The van der Waals surface area contributed by atoms with Crippen molar-refractivity contribution in [3.05, 3.63) is 87.4 Å². The Bertz CT molecular complexity index is 1100. The molecule has 0 aromatic heterocycles. The molecule has 1 amide bonds. The van der Waals surface area contributed by atoms with Gasteiger partial charge in [0.1, 0.15) is 11.5 Å². The van der Waals surface area contributed by atoms with Crippen molar-refractivity contribution in [3.8, 4) is 11.5 Å². The zero-order chi connectivity index (χ0) is 20.5. The van der Waals surface area contributed by atoms with Gasteiger partial charge in [-0.15, -0.1) is 0 Å². The number of rotatable bonds is 3. The lowest BCUT2D eigenvalue weighted by Crippen LogP contribution is -2.35. The number of carbonyl (C=O) groups is 1. The highest BCUT2D eigenvalue weighted by Crippen LogP contribution is 2.36. The van der Waals surface area contributed by atoms with Crippen LogP contribution in [0.4, 0.5) is 14.5 Å². The molecule has 3 aromatic carbocycles. The van der Waals surface area contributed by atoms with E-state index >= 15 is 0 Å². The summed E-state index contributed by atoms with van der Waals surface area (Å²) in [4.78, 5) is 14.7. The third-order valence-corrected chi connectivity index (χ3v) is 5.26. The van der Waals surface area contributed by atoms with Crippen LogP contribution in [0.25, 0.3) is 0 Å². The highest BCUT2D eigenvalue weighted by Gasteiger charge is 2.27. The number of para-hydroxylation sites is 1. The normalized spacial score (nSPS) is 13.2. The van der Waals surface area contributed by atoms with Crippen molar-refractivity contribution in [2.45, 2.75) is 12.8 Å². The lowest BCUT2D eigenvalue weighted by atomic mass is 10.00. The third-order valence-electron chi connectivity index (χ3n) is 4.72. The van der Waals surface area contributed by atoms with Gasteiger partial charge in [-0.1, -0.05) is 35.3 Å². The number of hydrogen-bond donors (Lipinski definition) is 0. The Labute approximate surface area is 176 Å². The minimum Gasteiger partial charge on any atom is -0.455 e. The second kappa shape index (κ2) is 8.01. The van der Waals surface area contributed by atoms with Crippen LogP contribution < -0.4 is 9.64 Å². The lowest BCUT2D eigenvalue weighted by Gasteiger charge is -2.30. The summed E-state index contributed by atoms with van der Waals surface area (Å²) in [7, 11) is 0. The molecule has 0 radical (unpaired) electrons. The Hall–Kier alpha value is -2.63. The smallest absolute Gasteiger partial charge is 0.262 e. The van der Waals surface area contributed by atoms with E-state index in [2.05, 4.69) is 0 Å². The quantitative estimate of drug-likeness (QED) is 0.462. The van der Waals surface area contributed by atoms with Crippen molar-refractivity contribution in [1.29, 1.82) is 0 Å². The Morgan fingerprint density at radius 2 is 1.72 bits per heavy atom. The summed E-state index contributed by atoms with van der Waals surface area (Å²) in [5.41, 5.74) is 1.25.